The van der Waals surface area contributed by atoms with Gasteiger partial charge in [0.25, 0.3) is 0 Å². The van der Waals surface area contributed by atoms with E-state index in [0.29, 0.717) is 12.1 Å². The van der Waals surface area contributed by atoms with E-state index < -0.39 is 0 Å². The first kappa shape index (κ1) is 14.0. The van der Waals surface area contributed by atoms with Crippen molar-refractivity contribution in [2.75, 3.05) is 14.2 Å². The molecule has 0 aromatic rings. The van der Waals surface area contributed by atoms with Gasteiger partial charge in [-0.1, -0.05) is 33.1 Å². The normalized spacial score (nSPS) is 30.0. The van der Waals surface area contributed by atoms with Gasteiger partial charge in [0.1, 0.15) is 0 Å². The molecular weight excluding hydrogens is 198 g/mol. The van der Waals surface area contributed by atoms with Crippen molar-refractivity contribution in [1.82, 2.24) is 5.32 Å². The van der Waals surface area contributed by atoms with E-state index in [1.54, 1.807) is 0 Å². The topological polar surface area (TPSA) is 21.3 Å². The van der Waals surface area contributed by atoms with Gasteiger partial charge in [0.2, 0.25) is 0 Å². The lowest BCUT2D eigenvalue weighted by atomic mass is 9.76. The van der Waals surface area contributed by atoms with Gasteiger partial charge in [-0.2, -0.15) is 0 Å². The molecule has 0 aliphatic heterocycles. The third-order valence-corrected chi connectivity index (χ3v) is 4.09. The molecule has 96 valence electrons. The van der Waals surface area contributed by atoms with E-state index in [2.05, 4.69) is 26.2 Å². The zero-order valence-corrected chi connectivity index (χ0v) is 11.5. The third-order valence-electron chi connectivity index (χ3n) is 4.09. The summed E-state index contributed by atoms with van der Waals surface area (Å²) in [4.78, 5) is 0. The molecule has 1 fully saturated rings. The maximum atomic E-state index is 5.67. The Labute approximate surface area is 101 Å². The first-order chi connectivity index (χ1) is 7.72. The molecule has 0 bridgehead atoms. The molecule has 0 heterocycles. The summed E-state index contributed by atoms with van der Waals surface area (Å²) >= 11 is 0. The maximum Gasteiger partial charge on any atom is 0.0726 e. The lowest BCUT2D eigenvalue weighted by Crippen LogP contribution is -2.46. The van der Waals surface area contributed by atoms with E-state index in [1.807, 2.05) is 7.11 Å². The highest BCUT2D eigenvalue weighted by atomic mass is 16.5. The van der Waals surface area contributed by atoms with Crippen molar-refractivity contribution in [2.45, 2.75) is 64.5 Å². The minimum atomic E-state index is 0.394. The van der Waals surface area contributed by atoms with Gasteiger partial charge < -0.3 is 10.1 Å². The first-order valence-corrected chi connectivity index (χ1v) is 6.92. The van der Waals surface area contributed by atoms with Crippen LogP contribution in [0.2, 0.25) is 0 Å². The summed E-state index contributed by atoms with van der Waals surface area (Å²) in [5, 5.41) is 3.50. The molecule has 2 heteroatoms. The van der Waals surface area contributed by atoms with Gasteiger partial charge >= 0.3 is 0 Å². The Hall–Kier alpha value is -0.0800. The van der Waals surface area contributed by atoms with Crippen LogP contribution in [0, 0.1) is 11.8 Å². The Balaban J connectivity index is 2.56. The van der Waals surface area contributed by atoms with E-state index in [0.717, 1.165) is 11.8 Å². The summed E-state index contributed by atoms with van der Waals surface area (Å²) in [5.74, 6) is 1.71. The van der Waals surface area contributed by atoms with Crippen LogP contribution >= 0.6 is 0 Å². The number of ether oxygens (including phenoxy) is 1. The van der Waals surface area contributed by atoms with Crippen molar-refractivity contribution in [3.05, 3.63) is 0 Å². The Kier molecular flexibility index (Phi) is 6.37. The second kappa shape index (κ2) is 7.29. The van der Waals surface area contributed by atoms with Crippen molar-refractivity contribution in [3.8, 4) is 0 Å². The van der Waals surface area contributed by atoms with Crippen LogP contribution in [0.5, 0.6) is 0 Å². The molecule has 0 aromatic carbocycles. The number of rotatable bonds is 6. The highest BCUT2D eigenvalue weighted by molar-refractivity contribution is 4.86. The number of hydrogen-bond donors (Lipinski definition) is 1. The second-order valence-electron chi connectivity index (χ2n) is 5.41. The predicted octanol–water partition coefficient (Wildman–Crippen LogP) is 3.22. The Morgan fingerprint density at radius 2 is 2.12 bits per heavy atom. The molecule has 0 radical (unpaired) electrons. The van der Waals surface area contributed by atoms with Gasteiger partial charge in [-0.3, -0.25) is 0 Å². The first-order valence-electron chi connectivity index (χ1n) is 6.92. The molecule has 2 nitrogen and oxygen atoms in total. The predicted molar refractivity (Wildman–Crippen MR) is 69.7 cm³/mol. The maximum absolute atomic E-state index is 5.67. The second-order valence-corrected chi connectivity index (χ2v) is 5.41. The van der Waals surface area contributed by atoms with Crippen molar-refractivity contribution in [2.24, 2.45) is 11.8 Å². The molecule has 4 atom stereocenters. The molecule has 0 aromatic heterocycles. The molecule has 1 aliphatic carbocycles. The van der Waals surface area contributed by atoms with Crippen LogP contribution in [0.3, 0.4) is 0 Å². The minimum Gasteiger partial charge on any atom is -0.380 e. The van der Waals surface area contributed by atoms with E-state index in [4.69, 9.17) is 4.74 Å². The molecule has 1 N–H and O–H groups in total. The van der Waals surface area contributed by atoms with Crippen LogP contribution in [0.15, 0.2) is 0 Å². The smallest absolute Gasteiger partial charge is 0.0726 e. The van der Waals surface area contributed by atoms with Gasteiger partial charge in [-0.15, -0.1) is 0 Å². The molecule has 0 saturated heterocycles. The van der Waals surface area contributed by atoms with E-state index in [9.17, 15) is 0 Å². The number of methoxy groups -OCH3 is 1. The SMILES string of the molecule is CCCC(OC)C(NC)C1CCCC(C)C1. The van der Waals surface area contributed by atoms with E-state index in [1.165, 1.54) is 38.5 Å². The molecule has 16 heavy (non-hydrogen) atoms. The molecule has 1 aliphatic rings. The summed E-state index contributed by atoms with van der Waals surface area (Å²) in [6.07, 6.45) is 8.33. The van der Waals surface area contributed by atoms with Crippen LogP contribution in [0.25, 0.3) is 0 Å². The van der Waals surface area contributed by atoms with Crippen molar-refractivity contribution in [3.63, 3.8) is 0 Å². The number of nitrogens with one attached hydrogen (secondary N) is 1. The Morgan fingerprint density at radius 3 is 2.62 bits per heavy atom. The largest absolute Gasteiger partial charge is 0.380 e. The van der Waals surface area contributed by atoms with E-state index in [-0.39, 0.29) is 0 Å². The van der Waals surface area contributed by atoms with Gasteiger partial charge in [-0.05, 0) is 38.1 Å². The van der Waals surface area contributed by atoms with Gasteiger partial charge in [0, 0.05) is 13.2 Å². The average molecular weight is 227 g/mol. The standard InChI is InChI=1S/C14H29NO/c1-5-7-13(16-4)14(15-3)12-9-6-8-11(2)10-12/h11-15H,5-10H2,1-4H3. The van der Waals surface area contributed by atoms with Crippen LogP contribution in [0.1, 0.15) is 52.4 Å². The molecular formula is C14H29NO. The number of hydrogen-bond acceptors (Lipinski definition) is 2. The van der Waals surface area contributed by atoms with Crippen molar-refractivity contribution in [1.29, 1.82) is 0 Å². The summed E-state index contributed by atoms with van der Waals surface area (Å²) in [7, 11) is 3.95. The summed E-state index contributed by atoms with van der Waals surface area (Å²) in [6.45, 7) is 4.63. The molecule has 0 spiro atoms. The molecule has 0 amide bonds. The monoisotopic (exact) mass is 227 g/mol. The average Bonchev–Trinajstić information content (AvgIpc) is 2.29. The lowest BCUT2D eigenvalue weighted by Gasteiger charge is -2.37. The fourth-order valence-corrected chi connectivity index (χ4v) is 3.26. The summed E-state index contributed by atoms with van der Waals surface area (Å²) in [6, 6.07) is 0.549. The third kappa shape index (κ3) is 3.74. The van der Waals surface area contributed by atoms with Crippen LogP contribution in [-0.4, -0.2) is 26.3 Å². The van der Waals surface area contributed by atoms with Gasteiger partial charge in [-0.25, -0.2) is 0 Å². The summed E-state index contributed by atoms with van der Waals surface area (Å²) in [5.41, 5.74) is 0. The quantitative estimate of drug-likeness (QED) is 0.752. The summed E-state index contributed by atoms with van der Waals surface area (Å²) < 4.78 is 5.67. The minimum absolute atomic E-state index is 0.394. The van der Waals surface area contributed by atoms with Crippen LogP contribution in [0.4, 0.5) is 0 Å². The van der Waals surface area contributed by atoms with E-state index >= 15 is 0 Å². The zero-order chi connectivity index (χ0) is 12.0. The Bertz CT molecular complexity index is 184. The zero-order valence-electron chi connectivity index (χ0n) is 11.5. The number of likely N-dealkylation sites (N-methyl/N-ethyl adjacent to an activating group) is 1. The van der Waals surface area contributed by atoms with Gasteiger partial charge in [0.05, 0.1) is 6.10 Å². The van der Waals surface area contributed by atoms with Gasteiger partial charge in [0.15, 0.2) is 0 Å². The highest BCUT2D eigenvalue weighted by Crippen LogP contribution is 2.32. The fourth-order valence-electron chi connectivity index (χ4n) is 3.26. The fraction of sp³-hybridized carbons (Fsp3) is 1.00. The molecule has 4 unspecified atom stereocenters. The highest BCUT2D eigenvalue weighted by Gasteiger charge is 2.30. The molecule has 1 saturated carbocycles. The lowest BCUT2D eigenvalue weighted by molar-refractivity contribution is 0.0314. The van der Waals surface area contributed by atoms with Crippen LogP contribution in [-0.2, 0) is 4.74 Å². The Morgan fingerprint density at radius 1 is 1.38 bits per heavy atom. The van der Waals surface area contributed by atoms with Crippen molar-refractivity contribution >= 4 is 0 Å². The van der Waals surface area contributed by atoms with Crippen LogP contribution < -0.4 is 5.32 Å². The molecule has 1 rings (SSSR count). The van der Waals surface area contributed by atoms with Crippen molar-refractivity contribution < 1.29 is 4.74 Å².